The van der Waals surface area contributed by atoms with Gasteiger partial charge in [-0.05, 0) is 37.6 Å². The van der Waals surface area contributed by atoms with Gasteiger partial charge in [-0.3, -0.25) is 4.79 Å². The lowest BCUT2D eigenvalue weighted by atomic mass is 10.1. The number of ether oxygens (including phenoxy) is 1. The van der Waals surface area contributed by atoms with Crippen molar-refractivity contribution >= 4 is 17.7 Å². The number of hydrogen-bond donors (Lipinski definition) is 2. The van der Waals surface area contributed by atoms with Crippen LogP contribution in [0.1, 0.15) is 31.2 Å². The minimum absolute atomic E-state index is 0.0875. The molecule has 2 amide bonds. The zero-order chi connectivity index (χ0) is 21.3. The summed E-state index contributed by atoms with van der Waals surface area (Å²) in [7, 11) is 0. The summed E-state index contributed by atoms with van der Waals surface area (Å²) in [6, 6.07) is 14.1. The molecule has 30 heavy (non-hydrogen) atoms. The number of carbonyl (C=O) groups excluding carboxylic acids is 2. The zero-order valence-corrected chi connectivity index (χ0v) is 17.0. The van der Waals surface area contributed by atoms with Crippen molar-refractivity contribution in [3.8, 4) is 17.2 Å². The Labute approximate surface area is 174 Å². The number of benzene rings is 2. The van der Waals surface area contributed by atoms with E-state index in [0.29, 0.717) is 29.8 Å². The number of rotatable bonds is 8. The number of carbonyl (C=O) groups is 2. The summed E-state index contributed by atoms with van der Waals surface area (Å²) in [6.45, 7) is 4.56. The van der Waals surface area contributed by atoms with Crippen LogP contribution in [0.4, 0.5) is 10.5 Å². The van der Waals surface area contributed by atoms with E-state index in [9.17, 15) is 9.59 Å². The van der Waals surface area contributed by atoms with Crippen LogP contribution in [0, 0.1) is 6.92 Å². The van der Waals surface area contributed by atoms with Crippen molar-refractivity contribution in [3.63, 3.8) is 0 Å². The monoisotopic (exact) mass is 408 g/mol. The summed E-state index contributed by atoms with van der Waals surface area (Å²) >= 11 is 0. The highest BCUT2D eigenvalue weighted by Crippen LogP contribution is 2.20. The number of aromatic nitrogens is 2. The largest absolute Gasteiger partial charge is 0.426 e. The van der Waals surface area contributed by atoms with Crippen molar-refractivity contribution in [2.75, 3.05) is 11.9 Å². The first-order valence-corrected chi connectivity index (χ1v) is 9.78. The number of amides is 2. The third kappa shape index (κ3) is 6.16. The topological polar surface area (TPSA) is 106 Å². The molecule has 0 bridgehead atoms. The summed E-state index contributed by atoms with van der Waals surface area (Å²) in [5.41, 5.74) is 2.50. The van der Waals surface area contributed by atoms with Crippen LogP contribution >= 0.6 is 0 Å². The van der Waals surface area contributed by atoms with E-state index in [1.165, 1.54) is 0 Å². The number of aryl methyl sites for hydroxylation is 2. The predicted octanol–water partition coefficient (Wildman–Crippen LogP) is 4.11. The third-order valence-electron chi connectivity index (χ3n) is 4.17. The van der Waals surface area contributed by atoms with Crippen molar-refractivity contribution in [1.29, 1.82) is 0 Å². The molecular weight excluding hydrogens is 384 g/mol. The predicted molar refractivity (Wildman–Crippen MR) is 112 cm³/mol. The maximum atomic E-state index is 12.2. The number of hydrogen-bond acceptors (Lipinski definition) is 6. The molecule has 1 aromatic heterocycles. The van der Waals surface area contributed by atoms with E-state index >= 15 is 0 Å². The molecule has 8 nitrogen and oxygen atoms in total. The van der Waals surface area contributed by atoms with E-state index < -0.39 is 5.97 Å². The fraction of sp³-hybridized carbons (Fsp3) is 0.273. The summed E-state index contributed by atoms with van der Waals surface area (Å²) in [5.74, 6) is 0.695. The summed E-state index contributed by atoms with van der Waals surface area (Å²) in [4.78, 5) is 23.9. The number of anilines is 1. The Hall–Kier alpha value is -3.68. The molecule has 0 unspecified atom stereocenters. The molecule has 0 radical (unpaired) electrons. The van der Waals surface area contributed by atoms with Crippen molar-refractivity contribution in [1.82, 2.24) is 15.5 Å². The van der Waals surface area contributed by atoms with Crippen LogP contribution in [-0.2, 0) is 11.2 Å². The minimum Gasteiger partial charge on any atom is -0.426 e. The van der Waals surface area contributed by atoms with Crippen LogP contribution in [0.5, 0.6) is 5.75 Å². The standard InChI is InChI=1S/C22H24N4O4/c1-3-13-23-22(28)24-17-5-4-6-18(14-17)29-20(27)12-11-19-25-26-21(30-19)16-9-7-15(2)8-10-16/h4-10,14H,3,11-13H2,1-2H3,(H2,23,24,28). The van der Waals surface area contributed by atoms with E-state index in [4.69, 9.17) is 9.15 Å². The van der Waals surface area contributed by atoms with Crippen molar-refractivity contribution in [2.24, 2.45) is 0 Å². The highest BCUT2D eigenvalue weighted by Gasteiger charge is 2.12. The van der Waals surface area contributed by atoms with Gasteiger partial charge in [-0.2, -0.15) is 0 Å². The lowest BCUT2D eigenvalue weighted by molar-refractivity contribution is -0.134. The third-order valence-corrected chi connectivity index (χ3v) is 4.17. The van der Waals surface area contributed by atoms with E-state index in [1.807, 2.05) is 38.1 Å². The molecule has 3 aromatic rings. The summed E-state index contributed by atoms with van der Waals surface area (Å²) in [6.07, 6.45) is 1.21. The Morgan fingerprint density at radius 3 is 2.67 bits per heavy atom. The first-order valence-electron chi connectivity index (χ1n) is 9.78. The van der Waals surface area contributed by atoms with E-state index in [1.54, 1.807) is 24.3 Å². The quantitative estimate of drug-likeness (QED) is 0.429. The van der Waals surface area contributed by atoms with Gasteiger partial charge in [0.15, 0.2) is 0 Å². The maximum absolute atomic E-state index is 12.2. The summed E-state index contributed by atoms with van der Waals surface area (Å²) in [5, 5.41) is 13.4. The smallest absolute Gasteiger partial charge is 0.319 e. The van der Waals surface area contributed by atoms with Gasteiger partial charge >= 0.3 is 12.0 Å². The van der Waals surface area contributed by atoms with Gasteiger partial charge in [0.05, 0.1) is 6.42 Å². The number of nitrogens with one attached hydrogen (secondary N) is 2. The van der Waals surface area contributed by atoms with Crippen LogP contribution in [0.3, 0.4) is 0 Å². The Bertz CT molecular complexity index is 998. The molecule has 8 heteroatoms. The van der Waals surface area contributed by atoms with Gasteiger partial charge < -0.3 is 19.8 Å². The van der Waals surface area contributed by atoms with Crippen LogP contribution in [0.25, 0.3) is 11.5 Å². The lowest BCUT2D eigenvalue weighted by Crippen LogP contribution is -2.29. The second-order valence-electron chi connectivity index (χ2n) is 6.75. The highest BCUT2D eigenvalue weighted by molar-refractivity contribution is 5.89. The minimum atomic E-state index is -0.433. The zero-order valence-electron chi connectivity index (χ0n) is 17.0. The molecule has 0 saturated heterocycles. The van der Waals surface area contributed by atoms with Crippen LogP contribution < -0.4 is 15.4 Å². The highest BCUT2D eigenvalue weighted by atomic mass is 16.5. The average Bonchev–Trinajstić information content (AvgIpc) is 3.20. The molecule has 3 rings (SSSR count). The Kier molecular flexibility index (Phi) is 7.15. The van der Waals surface area contributed by atoms with Crippen molar-refractivity contribution < 1.29 is 18.7 Å². The summed E-state index contributed by atoms with van der Waals surface area (Å²) < 4.78 is 11.0. The van der Waals surface area contributed by atoms with Gasteiger partial charge in [-0.15, -0.1) is 10.2 Å². The number of esters is 1. The van der Waals surface area contributed by atoms with E-state index in [-0.39, 0.29) is 18.9 Å². The molecule has 0 aliphatic rings. The second kappa shape index (κ2) is 10.2. The molecule has 156 valence electrons. The average molecular weight is 408 g/mol. The molecule has 0 aliphatic carbocycles. The number of urea groups is 1. The Balaban J connectivity index is 1.51. The molecule has 0 saturated carbocycles. The van der Waals surface area contributed by atoms with Gasteiger partial charge in [0.1, 0.15) is 5.75 Å². The molecule has 0 spiro atoms. The molecule has 0 atom stereocenters. The Morgan fingerprint density at radius 2 is 1.90 bits per heavy atom. The fourth-order valence-corrected chi connectivity index (χ4v) is 2.61. The maximum Gasteiger partial charge on any atom is 0.319 e. The van der Waals surface area contributed by atoms with Crippen molar-refractivity contribution in [3.05, 3.63) is 60.0 Å². The lowest BCUT2D eigenvalue weighted by Gasteiger charge is -2.08. The van der Waals surface area contributed by atoms with Crippen molar-refractivity contribution in [2.45, 2.75) is 33.1 Å². The first-order chi connectivity index (χ1) is 14.5. The molecular formula is C22H24N4O4. The normalized spacial score (nSPS) is 10.5. The van der Waals surface area contributed by atoms with Gasteiger partial charge in [-0.25, -0.2) is 4.79 Å². The van der Waals surface area contributed by atoms with Crippen LogP contribution in [-0.4, -0.2) is 28.7 Å². The molecule has 1 heterocycles. The van der Waals surface area contributed by atoms with Crippen LogP contribution in [0.15, 0.2) is 52.9 Å². The van der Waals surface area contributed by atoms with Gasteiger partial charge in [0.2, 0.25) is 11.8 Å². The molecule has 2 aromatic carbocycles. The molecule has 2 N–H and O–H groups in total. The van der Waals surface area contributed by atoms with Gasteiger partial charge in [0.25, 0.3) is 0 Å². The van der Waals surface area contributed by atoms with Gasteiger partial charge in [0, 0.05) is 30.3 Å². The SMILES string of the molecule is CCCNC(=O)Nc1cccc(OC(=O)CCc2nnc(-c3ccc(C)cc3)o2)c1. The molecule has 0 aliphatic heterocycles. The van der Waals surface area contributed by atoms with E-state index in [2.05, 4.69) is 20.8 Å². The fourth-order valence-electron chi connectivity index (χ4n) is 2.61. The number of nitrogens with zero attached hydrogens (tertiary/aromatic N) is 2. The van der Waals surface area contributed by atoms with E-state index in [0.717, 1.165) is 17.5 Å². The first kappa shape index (κ1) is 21.0. The van der Waals surface area contributed by atoms with Gasteiger partial charge in [-0.1, -0.05) is 30.7 Å². The van der Waals surface area contributed by atoms with Crippen LogP contribution in [0.2, 0.25) is 0 Å². The molecule has 0 fully saturated rings. The Morgan fingerprint density at radius 1 is 1.10 bits per heavy atom. The second-order valence-corrected chi connectivity index (χ2v) is 6.75.